The molecule has 2 heterocycles. The van der Waals surface area contributed by atoms with E-state index < -0.39 is 0 Å². The lowest BCUT2D eigenvalue weighted by atomic mass is 10.2. The Kier molecular flexibility index (Phi) is 4.31. The summed E-state index contributed by atoms with van der Waals surface area (Å²) < 4.78 is 18.6. The van der Waals surface area contributed by atoms with Crippen LogP contribution in [0.3, 0.4) is 0 Å². The number of amidine groups is 1. The highest BCUT2D eigenvalue weighted by Gasteiger charge is 2.30. The van der Waals surface area contributed by atoms with Crippen LogP contribution in [0.4, 0.5) is 4.39 Å². The summed E-state index contributed by atoms with van der Waals surface area (Å²) in [5.74, 6) is -0.531. The molecule has 2 aliphatic heterocycles. The van der Waals surface area contributed by atoms with Crippen molar-refractivity contribution in [1.29, 1.82) is 0 Å². The molecule has 116 valence electrons. The minimum absolute atomic E-state index is 0.118. The average Bonchev–Trinajstić information content (AvgIpc) is 2.82. The number of hydrogen-bond acceptors (Lipinski definition) is 4. The van der Waals surface area contributed by atoms with Crippen molar-refractivity contribution < 1.29 is 13.9 Å². The molecule has 0 aromatic heterocycles. The summed E-state index contributed by atoms with van der Waals surface area (Å²) in [6.07, 6.45) is 1.98. The molecule has 0 bridgehead atoms. The molecule has 2 atom stereocenters. The van der Waals surface area contributed by atoms with Crippen LogP contribution in [0.5, 0.6) is 0 Å². The maximum Gasteiger partial charge on any atom is 0.286 e. The van der Waals surface area contributed by atoms with E-state index in [9.17, 15) is 9.18 Å². The average molecular weight is 320 g/mol. The zero-order chi connectivity index (χ0) is 15.7. The molecule has 0 aliphatic carbocycles. The van der Waals surface area contributed by atoms with E-state index in [0.29, 0.717) is 4.91 Å². The number of rotatable bonds is 1. The molecule has 0 unspecified atom stereocenters. The molecule has 0 spiro atoms. The highest BCUT2D eigenvalue weighted by molar-refractivity contribution is 8.18. The third-order valence-electron chi connectivity index (χ3n) is 3.47. The minimum Gasteiger partial charge on any atom is -0.372 e. The van der Waals surface area contributed by atoms with E-state index >= 15 is 0 Å². The highest BCUT2D eigenvalue weighted by atomic mass is 32.2. The van der Waals surface area contributed by atoms with Crippen LogP contribution in [0.15, 0.2) is 34.2 Å². The number of benzene rings is 1. The van der Waals surface area contributed by atoms with Gasteiger partial charge in [0.25, 0.3) is 5.91 Å². The van der Waals surface area contributed by atoms with Gasteiger partial charge in [0.05, 0.1) is 17.1 Å². The van der Waals surface area contributed by atoms with Crippen molar-refractivity contribution in [3.63, 3.8) is 0 Å². The van der Waals surface area contributed by atoms with Crippen molar-refractivity contribution in [2.24, 2.45) is 4.99 Å². The summed E-state index contributed by atoms with van der Waals surface area (Å²) in [6.45, 7) is 5.49. The molecule has 6 heteroatoms. The quantitative estimate of drug-likeness (QED) is 0.746. The number of amides is 1. The number of morpholine rings is 1. The Balaban J connectivity index is 1.74. The van der Waals surface area contributed by atoms with Crippen LogP contribution >= 0.6 is 11.8 Å². The predicted octanol–water partition coefficient (Wildman–Crippen LogP) is 2.91. The number of carbonyl (C=O) groups excluding carboxylic acids is 1. The first-order valence-corrected chi connectivity index (χ1v) is 8.01. The second kappa shape index (κ2) is 6.22. The van der Waals surface area contributed by atoms with Crippen molar-refractivity contribution in [1.82, 2.24) is 4.90 Å². The van der Waals surface area contributed by atoms with Crippen LogP contribution in [0.25, 0.3) is 6.08 Å². The lowest BCUT2D eigenvalue weighted by Gasteiger charge is -2.35. The fraction of sp³-hybridized carbons (Fsp3) is 0.375. The van der Waals surface area contributed by atoms with E-state index in [1.807, 2.05) is 13.8 Å². The Hall–Kier alpha value is -1.66. The minimum atomic E-state index is -0.291. The Morgan fingerprint density at radius 1 is 1.27 bits per heavy atom. The third kappa shape index (κ3) is 3.39. The van der Waals surface area contributed by atoms with Crippen LogP contribution in [-0.4, -0.2) is 41.3 Å². The molecular formula is C16H17FN2O2S. The Labute approximate surface area is 133 Å². The number of aliphatic imine (C=N–C) groups is 1. The first-order valence-electron chi connectivity index (χ1n) is 7.20. The number of thioether (sulfide) groups is 1. The lowest BCUT2D eigenvalue weighted by Crippen LogP contribution is -2.47. The van der Waals surface area contributed by atoms with Crippen LogP contribution < -0.4 is 0 Å². The van der Waals surface area contributed by atoms with E-state index in [1.165, 1.54) is 23.9 Å². The molecule has 22 heavy (non-hydrogen) atoms. The highest BCUT2D eigenvalue weighted by Crippen LogP contribution is 2.31. The number of carbonyl (C=O) groups is 1. The van der Waals surface area contributed by atoms with Crippen molar-refractivity contribution in [2.45, 2.75) is 26.1 Å². The van der Waals surface area contributed by atoms with Gasteiger partial charge in [0.2, 0.25) is 0 Å². The van der Waals surface area contributed by atoms with E-state index in [-0.39, 0.29) is 23.9 Å². The third-order valence-corrected chi connectivity index (χ3v) is 4.51. The normalized spacial score (nSPS) is 27.4. The molecule has 0 saturated carbocycles. The van der Waals surface area contributed by atoms with Gasteiger partial charge >= 0.3 is 0 Å². The molecule has 0 radical (unpaired) electrons. The van der Waals surface area contributed by atoms with Gasteiger partial charge in [-0.25, -0.2) is 4.39 Å². The number of halogens is 1. The van der Waals surface area contributed by atoms with Gasteiger partial charge in [0, 0.05) is 13.1 Å². The molecule has 1 fully saturated rings. The van der Waals surface area contributed by atoms with Crippen LogP contribution in [0, 0.1) is 5.82 Å². The Morgan fingerprint density at radius 3 is 2.55 bits per heavy atom. The molecule has 3 rings (SSSR count). The topological polar surface area (TPSA) is 41.9 Å². The standard InChI is InChI=1S/C16H17FN2O2S/c1-10-8-19(9-11(2)21-10)16-18-15(20)14(22-16)7-12-3-5-13(17)6-4-12/h3-7,10-11H,8-9H2,1-2H3/b14-7+/t10-,11-/m1/s1. The van der Waals surface area contributed by atoms with Gasteiger partial charge < -0.3 is 9.64 Å². The fourth-order valence-electron chi connectivity index (χ4n) is 2.58. The van der Waals surface area contributed by atoms with Crippen molar-refractivity contribution in [2.75, 3.05) is 13.1 Å². The smallest absolute Gasteiger partial charge is 0.286 e. The fourth-order valence-corrected chi connectivity index (χ4v) is 3.51. The molecule has 1 aromatic rings. The zero-order valence-corrected chi connectivity index (χ0v) is 13.3. The maximum absolute atomic E-state index is 12.9. The van der Waals surface area contributed by atoms with Gasteiger partial charge in [-0.1, -0.05) is 12.1 Å². The Bertz CT molecular complexity index is 632. The van der Waals surface area contributed by atoms with E-state index in [2.05, 4.69) is 9.89 Å². The van der Waals surface area contributed by atoms with Gasteiger partial charge in [0.15, 0.2) is 5.17 Å². The van der Waals surface area contributed by atoms with Crippen molar-refractivity contribution in [3.05, 3.63) is 40.6 Å². The predicted molar refractivity (Wildman–Crippen MR) is 86.0 cm³/mol. The van der Waals surface area contributed by atoms with Crippen molar-refractivity contribution >= 4 is 28.9 Å². The van der Waals surface area contributed by atoms with Crippen LogP contribution in [-0.2, 0) is 9.53 Å². The number of ether oxygens (including phenoxy) is 1. The van der Waals surface area contributed by atoms with Crippen LogP contribution in [0.2, 0.25) is 0 Å². The molecule has 2 aliphatic rings. The monoisotopic (exact) mass is 320 g/mol. The summed E-state index contributed by atoms with van der Waals surface area (Å²) in [6, 6.07) is 6.05. The molecule has 1 saturated heterocycles. The number of nitrogens with zero attached hydrogens (tertiary/aromatic N) is 2. The van der Waals surface area contributed by atoms with Crippen molar-refractivity contribution in [3.8, 4) is 0 Å². The largest absolute Gasteiger partial charge is 0.372 e. The van der Waals surface area contributed by atoms with Gasteiger partial charge in [-0.3, -0.25) is 4.79 Å². The molecule has 0 N–H and O–H groups in total. The Morgan fingerprint density at radius 2 is 1.91 bits per heavy atom. The summed E-state index contributed by atoms with van der Waals surface area (Å²) in [5, 5.41) is 0.723. The van der Waals surface area contributed by atoms with Gasteiger partial charge in [-0.05, 0) is 49.4 Å². The first-order chi connectivity index (χ1) is 10.5. The van der Waals surface area contributed by atoms with E-state index in [1.54, 1.807) is 18.2 Å². The molecular weight excluding hydrogens is 303 g/mol. The van der Waals surface area contributed by atoms with E-state index in [0.717, 1.165) is 23.8 Å². The maximum atomic E-state index is 12.9. The summed E-state index contributed by atoms with van der Waals surface area (Å²) in [7, 11) is 0. The number of hydrogen-bond donors (Lipinski definition) is 0. The van der Waals surface area contributed by atoms with Gasteiger partial charge in [-0.15, -0.1) is 0 Å². The van der Waals surface area contributed by atoms with E-state index in [4.69, 9.17) is 4.74 Å². The first kappa shape index (κ1) is 15.2. The second-order valence-electron chi connectivity index (χ2n) is 5.52. The molecule has 4 nitrogen and oxygen atoms in total. The second-order valence-corrected chi connectivity index (χ2v) is 6.53. The molecule has 1 aromatic carbocycles. The lowest BCUT2D eigenvalue weighted by molar-refractivity contribution is -0.113. The van der Waals surface area contributed by atoms with Gasteiger partial charge in [-0.2, -0.15) is 4.99 Å². The summed E-state index contributed by atoms with van der Waals surface area (Å²) in [4.78, 5) is 18.9. The summed E-state index contributed by atoms with van der Waals surface area (Å²) in [5.41, 5.74) is 0.789. The zero-order valence-electron chi connectivity index (χ0n) is 12.5. The molecule has 1 amide bonds. The summed E-state index contributed by atoms with van der Waals surface area (Å²) >= 11 is 1.37. The van der Waals surface area contributed by atoms with Crippen LogP contribution in [0.1, 0.15) is 19.4 Å². The SMILES string of the molecule is C[C@@H]1CN(C2=NC(=O)/C(=C\c3ccc(F)cc3)S2)C[C@@H](C)O1. The van der Waals surface area contributed by atoms with Gasteiger partial charge in [0.1, 0.15) is 5.82 Å².